The van der Waals surface area contributed by atoms with Gasteiger partial charge in [0, 0.05) is 5.56 Å². The van der Waals surface area contributed by atoms with Crippen LogP contribution in [0.1, 0.15) is 26.3 Å². The van der Waals surface area contributed by atoms with Gasteiger partial charge in [0.05, 0.1) is 17.3 Å². The number of nitrogens with zero attached hydrogens (tertiary/aromatic N) is 2. The highest BCUT2D eigenvalue weighted by molar-refractivity contribution is 6.20. The molecule has 0 N–H and O–H groups in total. The second-order valence-corrected chi connectivity index (χ2v) is 3.76. The molecule has 1 aliphatic heterocycles. The van der Waals surface area contributed by atoms with Gasteiger partial charge in [-0.15, -0.1) is 5.06 Å². The van der Waals surface area contributed by atoms with Crippen molar-refractivity contribution in [3.05, 3.63) is 53.4 Å². The van der Waals surface area contributed by atoms with E-state index >= 15 is 0 Å². The first kappa shape index (κ1) is 10.7. The molecule has 6 nitrogen and oxygen atoms in total. The molecule has 0 saturated heterocycles. The van der Waals surface area contributed by atoms with Crippen LogP contribution in [-0.4, -0.2) is 22.0 Å². The number of amides is 2. The third-order valence-corrected chi connectivity index (χ3v) is 2.60. The number of imide groups is 1. The molecule has 0 radical (unpaired) electrons. The summed E-state index contributed by atoms with van der Waals surface area (Å²) in [5.41, 5.74) is 1.35. The van der Waals surface area contributed by atoms with Crippen molar-refractivity contribution in [1.82, 2.24) is 10.2 Å². The van der Waals surface area contributed by atoms with Gasteiger partial charge in [0.2, 0.25) is 0 Å². The summed E-state index contributed by atoms with van der Waals surface area (Å²) < 4.78 is 4.63. The molecule has 0 aliphatic carbocycles. The summed E-state index contributed by atoms with van der Waals surface area (Å²) in [5, 5.41) is 4.26. The molecule has 0 atom stereocenters. The normalized spacial score (nSPS) is 14.1. The molecule has 90 valence electrons. The molecule has 1 aromatic heterocycles. The van der Waals surface area contributed by atoms with Crippen molar-refractivity contribution in [3.8, 4) is 0 Å². The highest BCUT2D eigenvalue weighted by Gasteiger charge is 2.36. The maximum atomic E-state index is 11.9. The van der Waals surface area contributed by atoms with Crippen LogP contribution in [0.3, 0.4) is 0 Å². The Bertz CT molecular complexity index is 571. The van der Waals surface area contributed by atoms with Crippen LogP contribution in [0.5, 0.6) is 0 Å². The smallest absolute Gasteiger partial charge is 0.285 e. The average Bonchev–Trinajstić information content (AvgIpc) is 2.98. The maximum Gasteiger partial charge on any atom is 0.285 e. The van der Waals surface area contributed by atoms with Gasteiger partial charge in [-0.3, -0.25) is 14.4 Å². The van der Waals surface area contributed by atoms with Gasteiger partial charge in [-0.05, 0) is 12.1 Å². The van der Waals surface area contributed by atoms with Crippen LogP contribution in [0.25, 0.3) is 0 Å². The summed E-state index contributed by atoms with van der Waals surface area (Å²) in [4.78, 5) is 29.0. The lowest BCUT2D eigenvalue weighted by Gasteiger charge is -2.11. The predicted octanol–water partition coefficient (Wildman–Crippen LogP) is 1.40. The Hall–Kier alpha value is -2.47. The number of hydroxylamine groups is 2. The summed E-state index contributed by atoms with van der Waals surface area (Å²) in [6.07, 6.45) is 2.84. The van der Waals surface area contributed by atoms with E-state index in [-0.39, 0.29) is 6.61 Å². The molecule has 0 saturated carbocycles. The molecule has 3 rings (SSSR count). The predicted molar refractivity (Wildman–Crippen MR) is 58.2 cm³/mol. The van der Waals surface area contributed by atoms with Gasteiger partial charge in [0.15, 0.2) is 0 Å². The van der Waals surface area contributed by atoms with Crippen LogP contribution in [-0.2, 0) is 11.4 Å². The maximum absolute atomic E-state index is 11.9. The van der Waals surface area contributed by atoms with Gasteiger partial charge in [-0.25, -0.2) is 0 Å². The molecule has 2 aromatic rings. The topological polar surface area (TPSA) is 72.6 Å². The molecule has 18 heavy (non-hydrogen) atoms. The standard InChI is InChI=1S/C12H8N2O4/c15-11-9-3-1-2-4-10(9)12(16)14(11)18-7-8-5-13-17-6-8/h1-6H,7H2. The van der Waals surface area contributed by atoms with E-state index in [0.29, 0.717) is 16.7 Å². The number of hydrogen-bond acceptors (Lipinski definition) is 5. The van der Waals surface area contributed by atoms with Gasteiger partial charge >= 0.3 is 0 Å². The lowest BCUT2D eigenvalue weighted by atomic mass is 10.1. The Labute approximate surface area is 102 Å². The molecule has 1 aliphatic rings. The second kappa shape index (κ2) is 4.08. The zero-order chi connectivity index (χ0) is 12.5. The molecule has 0 fully saturated rings. The van der Waals surface area contributed by atoms with E-state index in [1.165, 1.54) is 12.5 Å². The number of benzene rings is 1. The largest absolute Gasteiger partial charge is 0.364 e. The van der Waals surface area contributed by atoms with E-state index in [9.17, 15) is 9.59 Å². The molecule has 2 heterocycles. The lowest BCUT2D eigenvalue weighted by Crippen LogP contribution is -2.29. The number of hydrogen-bond donors (Lipinski definition) is 0. The van der Waals surface area contributed by atoms with Gasteiger partial charge < -0.3 is 4.52 Å². The van der Waals surface area contributed by atoms with Gasteiger partial charge in [-0.2, -0.15) is 0 Å². The Balaban J connectivity index is 1.80. The fraction of sp³-hybridized carbons (Fsp3) is 0.0833. The Morgan fingerprint density at radius 3 is 2.39 bits per heavy atom. The Kier molecular flexibility index (Phi) is 2.42. The van der Waals surface area contributed by atoms with E-state index in [2.05, 4.69) is 9.68 Å². The van der Waals surface area contributed by atoms with Crippen molar-refractivity contribution in [2.24, 2.45) is 0 Å². The summed E-state index contributed by atoms with van der Waals surface area (Å²) >= 11 is 0. The van der Waals surface area contributed by atoms with E-state index < -0.39 is 11.8 Å². The van der Waals surface area contributed by atoms with Crippen molar-refractivity contribution in [2.75, 3.05) is 0 Å². The van der Waals surface area contributed by atoms with Crippen molar-refractivity contribution in [1.29, 1.82) is 0 Å². The molecule has 2 amide bonds. The number of carbonyl (C=O) groups excluding carboxylic acids is 2. The summed E-state index contributed by atoms with van der Waals surface area (Å²) in [6.45, 7) is 0.0506. The van der Waals surface area contributed by atoms with Crippen molar-refractivity contribution in [3.63, 3.8) is 0 Å². The van der Waals surface area contributed by atoms with Crippen LogP contribution >= 0.6 is 0 Å². The van der Waals surface area contributed by atoms with Crippen LogP contribution in [0.2, 0.25) is 0 Å². The number of aromatic nitrogens is 1. The van der Waals surface area contributed by atoms with Crippen molar-refractivity contribution < 1.29 is 18.9 Å². The Morgan fingerprint density at radius 1 is 1.17 bits per heavy atom. The van der Waals surface area contributed by atoms with Gasteiger partial charge in [-0.1, -0.05) is 17.3 Å². The highest BCUT2D eigenvalue weighted by atomic mass is 16.7. The zero-order valence-electron chi connectivity index (χ0n) is 9.20. The van der Waals surface area contributed by atoms with Crippen LogP contribution in [0.4, 0.5) is 0 Å². The molecular formula is C12H8N2O4. The molecule has 1 aromatic carbocycles. The number of rotatable bonds is 3. The third kappa shape index (κ3) is 1.59. The van der Waals surface area contributed by atoms with E-state index in [0.717, 1.165) is 5.06 Å². The lowest BCUT2D eigenvalue weighted by molar-refractivity contribution is -0.101. The molecule has 6 heteroatoms. The molecule has 0 bridgehead atoms. The summed E-state index contributed by atoms with van der Waals surface area (Å²) in [6, 6.07) is 6.59. The minimum atomic E-state index is -0.452. The monoisotopic (exact) mass is 244 g/mol. The number of fused-ring (bicyclic) bond motifs is 1. The van der Waals surface area contributed by atoms with Crippen molar-refractivity contribution in [2.45, 2.75) is 6.61 Å². The second-order valence-electron chi connectivity index (χ2n) is 3.76. The van der Waals surface area contributed by atoms with Crippen LogP contribution in [0.15, 0.2) is 41.2 Å². The fourth-order valence-corrected chi connectivity index (χ4v) is 1.72. The van der Waals surface area contributed by atoms with Gasteiger partial charge in [0.1, 0.15) is 12.9 Å². The first-order chi connectivity index (χ1) is 8.77. The Morgan fingerprint density at radius 2 is 1.83 bits per heavy atom. The SMILES string of the molecule is O=C1c2ccccc2C(=O)N1OCc1cnoc1. The van der Waals surface area contributed by atoms with E-state index in [4.69, 9.17) is 4.84 Å². The average molecular weight is 244 g/mol. The first-order valence-corrected chi connectivity index (χ1v) is 5.26. The molecule has 0 spiro atoms. The highest BCUT2D eigenvalue weighted by Crippen LogP contribution is 2.23. The van der Waals surface area contributed by atoms with Crippen LogP contribution < -0.4 is 0 Å². The fourth-order valence-electron chi connectivity index (χ4n) is 1.72. The minimum absolute atomic E-state index is 0.0506. The third-order valence-electron chi connectivity index (χ3n) is 2.60. The minimum Gasteiger partial charge on any atom is -0.364 e. The summed E-state index contributed by atoms with van der Waals surface area (Å²) in [5.74, 6) is -0.904. The van der Waals surface area contributed by atoms with Crippen molar-refractivity contribution >= 4 is 11.8 Å². The van der Waals surface area contributed by atoms with E-state index in [1.807, 2.05) is 0 Å². The molecule has 0 unspecified atom stereocenters. The van der Waals surface area contributed by atoms with E-state index in [1.54, 1.807) is 24.3 Å². The first-order valence-electron chi connectivity index (χ1n) is 5.26. The molecular weight excluding hydrogens is 236 g/mol. The zero-order valence-corrected chi connectivity index (χ0v) is 9.20. The summed E-state index contributed by atoms with van der Waals surface area (Å²) in [7, 11) is 0. The quantitative estimate of drug-likeness (QED) is 0.763. The number of carbonyl (C=O) groups is 2. The van der Waals surface area contributed by atoms with Crippen LogP contribution in [0, 0.1) is 0 Å². The van der Waals surface area contributed by atoms with Gasteiger partial charge in [0.25, 0.3) is 11.8 Å².